The van der Waals surface area contributed by atoms with Crippen LogP contribution in [0.25, 0.3) is 0 Å². The molecule has 2 N–H and O–H groups in total. The molecule has 0 saturated heterocycles. The first-order valence-corrected chi connectivity index (χ1v) is 6.39. The van der Waals surface area contributed by atoms with Crippen molar-refractivity contribution in [1.29, 1.82) is 0 Å². The van der Waals surface area contributed by atoms with Crippen molar-refractivity contribution >= 4 is 17.9 Å². The lowest BCUT2D eigenvalue weighted by molar-refractivity contribution is -0.139. The van der Waals surface area contributed by atoms with Crippen molar-refractivity contribution in [3.8, 4) is 5.75 Å². The maximum atomic E-state index is 11.2. The first-order chi connectivity index (χ1) is 10.3. The van der Waals surface area contributed by atoms with Gasteiger partial charge in [0.15, 0.2) is 0 Å². The number of esters is 1. The zero-order chi connectivity index (χ0) is 16.7. The molecule has 0 amide bonds. The van der Waals surface area contributed by atoms with Gasteiger partial charge < -0.3 is 19.7 Å². The summed E-state index contributed by atoms with van der Waals surface area (Å²) in [5.41, 5.74) is -0.476. The summed E-state index contributed by atoms with van der Waals surface area (Å²) in [4.78, 5) is 33.3. The summed E-state index contributed by atoms with van der Waals surface area (Å²) in [5, 5.41) is 18.1. The molecule has 118 valence electrons. The zero-order valence-corrected chi connectivity index (χ0v) is 12.0. The monoisotopic (exact) mass is 308 g/mol. The molecular weight excluding hydrogens is 292 g/mol. The minimum absolute atomic E-state index is 0.0429. The number of benzene rings is 1. The van der Waals surface area contributed by atoms with Crippen LogP contribution in [0.4, 0.5) is 0 Å². The molecule has 0 unspecified atom stereocenters. The predicted molar refractivity (Wildman–Crippen MR) is 76.2 cm³/mol. The quantitative estimate of drug-likeness (QED) is 0.429. The molecular formula is C15H16O7. The fraction of sp³-hybridized carbons (Fsp3) is 0.267. The van der Waals surface area contributed by atoms with Crippen molar-refractivity contribution in [2.24, 2.45) is 0 Å². The highest BCUT2D eigenvalue weighted by atomic mass is 16.5. The molecule has 7 heteroatoms. The average molecular weight is 308 g/mol. The van der Waals surface area contributed by atoms with Crippen LogP contribution in [0.2, 0.25) is 0 Å². The van der Waals surface area contributed by atoms with Gasteiger partial charge in [-0.15, -0.1) is 0 Å². The first-order valence-electron chi connectivity index (χ1n) is 6.39. The minimum Gasteiger partial charge on any atom is -0.493 e. The second-order valence-corrected chi connectivity index (χ2v) is 4.41. The van der Waals surface area contributed by atoms with Crippen LogP contribution in [0, 0.1) is 0 Å². The van der Waals surface area contributed by atoms with E-state index in [-0.39, 0.29) is 30.1 Å². The number of rotatable bonds is 8. The molecule has 1 rings (SSSR count). The van der Waals surface area contributed by atoms with E-state index in [1.807, 2.05) is 0 Å². The molecule has 1 aromatic rings. The van der Waals surface area contributed by atoms with Crippen molar-refractivity contribution in [3.05, 3.63) is 41.5 Å². The van der Waals surface area contributed by atoms with E-state index >= 15 is 0 Å². The van der Waals surface area contributed by atoms with Crippen LogP contribution < -0.4 is 4.74 Å². The van der Waals surface area contributed by atoms with E-state index < -0.39 is 23.5 Å². The Bertz CT molecular complexity index is 604. The van der Waals surface area contributed by atoms with E-state index in [4.69, 9.17) is 19.7 Å². The lowest BCUT2D eigenvalue weighted by Crippen LogP contribution is -2.13. The van der Waals surface area contributed by atoms with Crippen molar-refractivity contribution < 1.29 is 34.1 Å². The second kappa shape index (κ2) is 7.82. The molecule has 22 heavy (non-hydrogen) atoms. The van der Waals surface area contributed by atoms with Gasteiger partial charge in [0.05, 0.1) is 18.8 Å². The minimum atomic E-state index is -1.39. The number of carbonyl (C=O) groups excluding carboxylic acids is 1. The SMILES string of the molecule is C=C(C)C(=O)OCCCOc1cccc(C(=O)O)c1C(=O)O. The van der Waals surface area contributed by atoms with Crippen LogP contribution in [-0.2, 0) is 9.53 Å². The van der Waals surface area contributed by atoms with Gasteiger partial charge in [-0.05, 0) is 19.1 Å². The standard InChI is InChI=1S/C15H16O7/c1-9(2)15(20)22-8-4-7-21-11-6-3-5-10(13(16)17)12(11)14(18)19/h3,5-6H,1,4,7-8H2,2H3,(H,16,17)(H,18,19). The normalized spacial score (nSPS) is 9.86. The van der Waals surface area contributed by atoms with Crippen LogP contribution in [0.15, 0.2) is 30.4 Å². The molecule has 0 saturated carbocycles. The summed E-state index contributed by atoms with van der Waals surface area (Å²) in [6.07, 6.45) is 0.329. The lowest BCUT2D eigenvalue weighted by atomic mass is 10.1. The number of carboxylic acid groups (broad SMARTS) is 2. The van der Waals surface area contributed by atoms with E-state index in [0.717, 1.165) is 0 Å². The van der Waals surface area contributed by atoms with Crippen LogP contribution >= 0.6 is 0 Å². The summed E-state index contributed by atoms with van der Waals surface area (Å²) < 4.78 is 10.1. The highest BCUT2D eigenvalue weighted by molar-refractivity contribution is 6.03. The molecule has 0 aromatic heterocycles. The van der Waals surface area contributed by atoms with E-state index in [0.29, 0.717) is 6.42 Å². The predicted octanol–water partition coefficient (Wildman–Crippen LogP) is 1.97. The molecule has 0 aliphatic rings. The fourth-order valence-electron chi connectivity index (χ4n) is 1.58. The Balaban J connectivity index is 2.65. The number of aromatic carboxylic acids is 2. The average Bonchev–Trinajstić information content (AvgIpc) is 2.45. The first kappa shape index (κ1) is 17.2. The summed E-state index contributed by atoms with van der Waals surface area (Å²) >= 11 is 0. The van der Waals surface area contributed by atoms with Gasteiger partial charge in [-0.3, -0.25) is 0 Å². The maximum Gasteiger partial charge on any atom is 0.340 e. The van der Waals surface area contributed by atoms with Gasteiger partial charge >= 0.3 is 17.9 Å². The van der Waals surface area contributed by atoms with Gasteiger partial charge in [0, 0.05) is 12.0 Å². The topological polar surface area (TPSA) is 110 Å². The number of carboxylic acids is 2. The van der Waals surface area contributed by atoms with Crippen LogP contribution in [-0.4, -0.2) is 41.3 Å². The molecule has 0 atom stereocenters. The Kier molecular flexibility index (Phi) is 6.12. The number of ether oxygens (including phenoxy) is 2. The third-order valence-electron chi connectivity index (χ3n) is 2.60. The lowest BCUT2D eigenvalue weighted by Gasteiger charge is -2.11. The molecule has 7 nitrogen and oxygen atoms in total. The number of hydrogen-bond donors (Lipinski definition) is 2. The second-order valence-electron chi connectivity index (χ2n) is 4.41. The maximum absolute atomic E-state index is 11.2. The van der Waals surface area contributed by atoms with Crippen LogP contribution in [0.5, 0.6) is 5.75 Å². The Morgan fingerprint density at radius 2 is 1.82 bits per heavy atom. The van der Waals surface area contributed by atoms with Gasteiger partial charge in [-0.2, -0.15) is 0 Å². The third-order valence-corrected chi connectivity index (χ3v) is 2.60. The van der Waals surface area contributed by atoms with Crippen LogP contribution in [0.1, 0.15) is 34.1 Å². The van der Waals surface area contributed by atoms with Crippen LogP contribution in [0.3, 0.4) is 0 Å². The largest absolute Gasteiger partial charge is 0.493 e. The molecule has 0 fully saturated rings. The highest BCUT2D eigenvalue weighted by Crippen LogP contribution is 2.23. The number of carbonyl (C=O) groups is 3. The van der Waals surface area contributed by atoms with Crippen molar-refractivity contribution in [1.82, 2.24) is 0 Å². The number of hydrogen-bond acceptors (Lipinski definition) is 5. The molecule has 0 radical (unpaired) electrons. The van der Waals surface area contributed by atoms with Gasteiger partial charge in [0.25, 0.3) is 0 Å². The zero-order valence-electron chi connectivity index (χ0n) is 12.0. The Labute approximate surface area is 126 Å². The molecule has 1 aromatic carbocycles. The summed E-state index contributed by atoms with van der Waals surface area (Å²) in [6.45, 7) is 5.12. The van der Waals surface area contributed by atoms with Gasteiger partial charge in [0.1, 0.15) is 11.3 Å². The summed E-state index contributed by atoms with van der Waals surface area (Å²) in [5.74, 6) is -3.29. The van der Waals surface area contributed by atoms with E-state index in [1.165, 1.54) is 25.1 Å². The molecule has 0 heterocycles. The van der Waals surface area contributed by atoms with Gasteiger partial charge in [0.2, 0.25) is 0 Å². The highest BCUT2D eigenvalue weighted by Gasteiger charge is 2.20. The van der Waals surface area contributed by atoms with E-state index in [1.54, 1.807) is 0 Å². The molecule has 0 aliphatic carbocycles. The van der Waals surface area contributed by atoms with Crippen molar-refractivity contribution in [2.75, 3.05) is 13.2 Å². The molecule has 0 bridgehead atoms. The fourth-order valence-corrected chi connectivity index (χ4v) is 1.58. The Morgan fingerprint density at radius 3 is 2.36 bits per heavy atom. The van der Waals surface area contributed by atoms with Crippen molar-refractivity contribution in [3.63, 3.8) is 0 Å². The van der Waals surface area contributed by atoms with E-state index in [9.17, 15) is 14.4 Å². The third kappa shape index (κ3) is 4.62. The molecule has 0 aliphatic heterocycles. The Hall–Kier alpha value is -2.83. The summed E-state index contributed by atoms with van der Waals surface area (Å²) in [6, 6.07) is 3.95. The van der Waals surface area contributed by atoms with Gasteiger partial charge in [-0.25, -0.2) is 14.4 Å². The Morgan fingerprint density at radius 1 is 1.14 bits per heavy atom. The van der Waals surface area contributed by atoms with Crippen molar-refractivity contribution in [2.45, 2.75) is 13.3 Å². The van der Waals surface area contributed by atoms with Gasteiger partial charge in [-0.1, -0.05) is 12.6 Å². The smallest absolute Gasteiger partial charge is 0.340 e. The van der Waals surface area contributed by atoms with E-state index in [2.05, 4.69) is 6.58 Å². The summed E-state index contributed by atoms with van der Waals surface area (Å²) in [7, 11) is 0. The molecule has 0 spiro atoms.